The number of hydrogen-bond donors (Lipinski definition) is 0. The second kappa shape index (κ2) is 4.26. The van der Waals surface area contributed by atoms with Crippen molar-refractivity contribution in [3.05, 3.63) is 40.5 Å². The number of aromatic nitrogens is 1. The van der Waals surface area contributed by atoms with Crippen molar-refractivity contribution >= 4 is 22.5 Å². The van der Waals surface area contributed by atoms with Crippen LogP contribution >= 0.6 is 11.6 Å². The Kier molecular flexibility index (Phi) is 2.74. The van der Waals surface area contributed by atoms with Crippen molar-refractivity contribution in [2.75, 3.05) is 13.2 Å². The summed E-state index contributed by atoms with van der Waals surface area (Å²) in [5, 5.41) is 1.52. The molecule has 3 rings (SSSR count). The fourth-order valence-electron chi connectivity index (χ4n) is 2.04. The summed E-state index contributed by atoms with van der Waals surface area (Å²) in [6, 6.07) is 8.04. The lowest BCUT2D eigenvalue weighted by molar-refractivity contribution is -0.0441. The molecule has 4 heteroatoms. The van der Waals surface area contributed by atoms with Gasteiger partial charge in [0, 0.05) is 10.9 Å². The molecule has 1 aliphatic heterocycles. The monoisotopic (exact) mass is 249 g/mol. The number of halogens is 1. The van der Waals surface area contributed by atoms with Crippen LogP contribution in [0.5, 0.6) is 0 Å². The fourth-order valence-corrected chi connectivity index (χ4v) is 2.27. The van der Waals surface area contributed by atoms with E-state index in [2.05, 4.69) is 4.98 Å². The standard InChI is InChI=1S/C13H12ClNO2/c1-8-3-2-4-9-7-10(12(14)15-11(8)9)13-16-5-6-17-13/h2-4,7,13H,5-6H2,1H3. The molecule has 2 aromatic rings. The number of pyridine rings is 1. The highest BCUT2D eigenvalue weighted by molar-refractivity contribution is 6.30. The van der Waals surface area contributed by atoms with Gasteiger partial charge in [0.2, 0.25) is 0 Å². The Morgan fingerprint density at radius 1 is 1.29 bits per heavy atom. The van der Waals surface area contributed by atoms with Crippen LogP contribution in [0.25, 0.3) is 10.9 Å². The lowest BCUT2D eigenvalue weighted by Gasteiger charge is -2.12. The summed E-state index contributed by atoms with van der Waals surface area (Å²) >= 11 is 6.18. The number of ether oxygens (including phenoxy) is 2. The lowest BCUT2D eigenvalue weighted by atomic mass is 10.1. The van der Waals surface area contributed by atoms with Gasteiger partial charge in [0.1, 0.15) is 5.15 Å². The van der Waals surface area contributed by atoms with E-state index in [1.54, 1.807) is 0 Å². The van der Waals surface area contributed by atoms with Crippen LogP contribution in [0.1, 0.15) is 17.4 Å². The van der Waals surface area contributed by atoms with Crippen LogP contribution in [-0.2, 0) is 9.47 Å². The molecule has 1 saturated heterocycles. The molecule has 3 nitrogen and oxygen atoms in total. The molecule has 1 aliphatic rings. The number of hydrogen-bond acceptors (Lipinski definition) is 3. The average molecular weight is 250 g/mol. The van der Waals surface area contributed by atoms with Gasteiger partial charge in [0.05, 0.1) is 18.7 Å². The number of fused-ring (bicyclic) bond motifs is 1. The molecular formula is C13H12ClNO2. The van der Waals surface area contributed by atoms with Gasteiger partial charge >= 0.3 is 0 Å². The van der Waals surface area contributed by atoms with Gasteiger partial charge in [-0.3, -0.25) is 0 Å². The highest BCUT2D eigenvalue weighted by atomic mass is 35.5. The fraction of sp³-hybridized carbons (Fsp3) is 0.308. The molecule has 2 heterocycles. The molecule has 0 atom stereocenters. The van der Waals surface area contributed by atoms with Gasteiger partial charge in [-0.05, 0) is 18.6 Å². The zero-order valence-electron chi connectivity index (χ0n) is 9.44. The predicted molar refractivity (Wildman–Crippen MR) is 66.1 cm³/mol. The summed E-state index contributed by atoms with van der Waals surface area (Å²) in [5.74, 6) is 0. The van der Waals surface area contributed by atoms with Crippen molar-refractivity contribution in [1.82, 2.24) is 4.98 Å². The quantitative estimate of drug-likeness (QED) is 0.727. The zero-order chi connectivity index (χ0) is 11.8. The molecule has 0 unspecified atom stereocenters. The van der Waals surface area contributed by atoms with E-state index < -0.39 is 0 Å². The van der Waals surface area contributed by atoms with Crippen molar-refractivity contribution in [3.63, 3.8) is 0 Å². The highest BCUT2D eigenvalue weighted by Crippen LogP contribution is 2.31. The Hall–Kier alpha value is -1.16. The minimum absolute atomic E-state index is 0.375. The molecule has 88 valence electrons. The summed E-state index contributed by atoms with van der Waals surface area (Å²) in [6.45, 7) is 3.23. The molecule has 0 saturated carbocycles. The van der Waals surface area contributed by atoms with Gasteiger partial charge in [-0.2, -0.15) is 0 Å². The molecule has 1 fully saturated rings. The van der Waals surface area contributed by atoms with Gasteiger partial charge < -0.3 is 9.47 Å². The molecule has 1 aromatic heterocycles. The van der Waals surface area contributed by atoms with Crippen LogP contribution < -0.4 is 0 Å². The van der Waals surface area contributed by atoms with Gasteiger partial charge in [0.25, 0.3) is 0 Å². The topological polar surface area (TPSA) is 31.4 Å². The molecule has 1 aromatic carbocycles. The van der Waals surface area contributed by atoms with E-state index in [9.17, 15) is 0 Å². The first-order chi connectivity index (χ1) is 8.25. The number of benzene rings is 1. The summed E-state index contributed by atoms with van der Waals surface area (Å²) in [6.07, 6.45) is -0.375. The van der Waals surface area contributed by atoms with Crippen molar-refractivity contribution < 1.29 is 9.47 Å². The first-order valence-corrected chi connectivity index (χ1v) is 5.92. The van der Waals surface area contributed by atoms with Crippen LogP contribution in [0.15, 0.2) is 24.3 Å². The largest absolute Gasteiger partial charge is 0.346 e. The van der Waals surface area contributed by atoms with Crippen LogP contribution in [0, 0.1) is 6.92 Å². The van der Waals surface area contributed by atoms with Gasteiger partial charge in [-0.25, -0.2) is 4.98 Å². The van der Waals surface area contributed by atoms with E-state index in [0.717, 1.165) is 22.0 Å². The Bertz CT molecular complexity index is 565. The third kappa shape index (κ3) is 1.90. The Balaban J connectivity index is 2.17. The predicted octanol–water partition coefficient (Wildman–Crippen LogP) is 3.24. The van der Waals surface area contributed by atoms with E-state index in [4.69, 9.17) is 21.1 Å². The molecule has 0 aliphatic carbocycles. The second-order valence-electron chi connectivity index (χ2n) is 4.09. The Morgan fingerprint density at radius 3 is 2.82 bits per heavy atom. The summed E-state index contributed by atoms with van der Waals surface area (Å²) in [4.78, 5) is 4.43. The van der Waals surface area contributed by atoms with E-state index in [0.29, 0.717) is 18.4 Å². The van der Waals surface area contributed by atoms with Crippen molar-refractivity contribution in [3.8, 4) is 0 Å². The molecule has 0 radical (unpaired) electrons. The van der Waals surface area contributed by atoms with Gasteiger partial charge in [-0.1, -0.05) is 29.8 Å². The van der Waals surface area contributed by atoms with E-state index in [1.807, 2.05) is 31.2 Å². The van der Waals surface area contributed by atoms with E-state index in [-0.39, 0.29) is 6.29 Å². The van der Waals surface area contributed by atoms with Crippen LogP contribution in [-0.4, -0.2) is 18.2 Å². The number of rotatable bonds is 1. The van der Waals surface area contributed by atoms with Crippen molar-refractivity contribution in [1.29, 1.82) is 0 Å². The molecule has 0 N–H and O–H groups in total. The van der Waals surface area contributed by atoms with E-state index in [1.165, 1.54) is 0 Å². The van der Waals surface area contributed by atoms with Gasteiger partial charge in [-0.15, -0.1) is 0 Å². The number of aryl methyl sites for hydroxylation is 1. The van der Waals surface area contributed by atoms with Gasteiger partial charge in [0.15, 0.2) is 6.29 Å². The second-order valence-corrected chi connectivity index (χ2v) is 4.45. The maximum Gasteiger partial charge on any atom is 0.187 e. The summed E-state index contributed by atoms with van der Waals surface area (Å²) in [7, 11) is 0. The maximum absolute atomic E-state index is 6.18. The number of nitrogens with zero attached hydrogens (tertiary/aromatic N) is 1. The van der Waals surface area contributed by atoms with Crippen molar-refractivity contribution in [2.45, 2.75) is 13.2 Å². The molecule has 17 heavy (non-hydrogen) atoms. The molecule has 0 amide bonds. The third-order valence-electron chi connectivity index (χ3n) is 2.90. The highest BCUT2D eigenvalue weighted by Gasteiger charge is 2.22. The average Bonchev–Trinajstić information content (AvgIpc) is 2.83. The minimum atomic E-state index is -0.375. The Labute approximate surface area is 104 Å². The summed E-state index contributed by atoms with van der Waals surface area (Å²) < 4.78 is 10.9. The van der Waals surface area contributed by atoms with Crippen molar-refractivity contribution in [2.24, 2.45) is 0 Å². The first kappa shape index (κ1) is 11.0. The molecule has 0 bridgehead atoms. The van der Waals surface area contributed by atoms with Crippen LogP contribution in [0.4, 0.5) is 0 Å². The SMILES string of the molecule is Cc1cccc2cc(C3OCCO3)c(Cl)nc12. The number of para-hydroxylation sites is 1. The minimum Gasteiger partial charge on any atom is -0.346 e. The van der Waals surface area contributed by atoms with Crippen LogP contribution in [0.3, 0.4) is 0 Å². The molecule has 0 spiro atoms. The van der Waals surface area contributed by atoms with Crippen LogP contribution in [0.2, 0.25) is 5.15 Å². The molecular weight excluding hydrogens is 238 g/mol. The summed E-state index contributed by atoms with van der Waals surface area (Å²) in [5.41, 5.74) is 2.85. The maximum atomic E-state index is 6.18. The first-order valence-electron chi connectivity index (χ1n) is 5.54. The normalized spacial score (nSPS) is 16.8. The third-order valence-corrected chi connectivity index (χ3v) is 3.21. The lowest BCUT2D eigenvalue weighted by Crippen LogP contribution is -2.01. The zero-order valence-corrected chi connectivity index (χ0v) is 10.2. The van der Waals surface area contributed by atoms with E-state index >= 15 is 0 Å². The Morgan fingerprint density at radius 2 is 2.06 bits per heavy atom. The smallest absolute Gasteiger partial charge is 0.187 e.